The Morgan fingerprint density at radius 3 is 2.43 bits per heavy atom. The SMILES string of the molecule is CC.[B]CC(OC)c1cccc(C)c1. The summed E-state index contributed by atoms with van der Waals surface area (Å²) in [6.07, 6.45) is 0.560. The van der Waals surface area contributed by atoms with Gasteiger partial charge in [0, 0.05) is 7.11 Å². The fourth-order valence-corrected chi connectivity index (χ4v) is 1.24. The third-order valence-electron chi connectivity index (χ3n) is 1.91. The van der Waals surface area contributed by atoms with Crippen molar-refractivity contribution in [2.45, 2.75) is 33.2 Å². The highest BCUT2D eigenvalue weighted by Crippen LogP contribution is 2.19. The third kappa shape index (κ3) is 3.97. The Balaban J connectivity index is 0.000000791. The Morgan fingerprint density at radius 2 is 2.00 bits per heavy atom. The highest BCUT2D eigenvalue weighted by atomic mass is 16.5. The normalized spacial score (nSPS) is 11.4. The summed E-state index contributed by atoms with van der Waals surface area (Å²) in [7, 11) is 7.22. The summed E-state index contributed by atoms with van der Waals surface area (Å²) in [4.78, 5) is 0. The molecule has 1 atom stereocenters. The number of hydrogen-bond donors (Lipinski definition) is 0. The van der Waals surface area contributed by atoms with Crippen molar-refractivity contribution in [2.75, 3.05) is 7.11 Å². The van der Waals surface area contributed by atoms with Crippen LogP contribution in [-0.2, 0) is 4.74 Å². The van der Waals surface area contributed by atoms with Gasteiger partial charge in [0.25, 0.3) is 0 Å². The molecule has 1 aromatic rings. The highest BCUT2D eigenvalue weighted by molar-refractivity contribution is 6.08. The molecule has 0 aliphatic heterocycles. The summed E-state index contributed by atoms with van der Waals surface area (Å²) in [5, 5.41) is 0. The fraction of sp³-hybridized carbons (Fsp3) is 0.500. The summed E-state index contributed by atoms with van der Waals surface area (Å²) in [6, 6.07) is 8.22. The lowest BCUT2D eigenvalue weighted by atomic mass is 9.93. The van der Waals surface area contributed by atoms with Gasteiger partial charge in [-0.2, -0.15) is 0 Å². The average molecular weight is 190 g/mol. The van der Waals surface area contributed by atoms with Crippen LogP contribution in [0.4, 0.5) is 0 Å². The summed E-state index contributed by atoms with van der Waals surface area (Å²) < 4.78 is 5.22. The topological polar surface area (TPSA) is 9.23 Å². The van der Waals surface area contributed by atoms with E-state index in [9.17, 15) is 0 Å². The minimum Gasteiger partial charge on any atom is -0.378 e. The first-order chi connectivity index (χ1) is 6.77. The zero-order valence-corrected chi connectivity index (χ0v) is 9.58. The van der Waals surface area contributed by atoms with E-state index in [1.807, 2.05) is 26.0 Å². The maximum absolute atomic E-state index is 5.54. The minimum absolute atomic E-state index is 0.0323. The van der Waals surface area contributed by atoms with E-state index in [2.05, 4.69) is 19.1 Å². The van der Waals surface area contributed by atoms with Crippen LogP contribution in [-0.4, -0.2) is 15.0 Å². The van der Waals surface area contributed by atoms with Crippen molar-refractivity contribution < 1.29 is 4.74 Å². The van der Waals surface area contributed by atoms with Gasteiger partial charge in [-0.3, -0.25) is 0 Å². The molecule has 0 heterocycles. The van der Waals surface area contributed by atoms with Crippen LogP contribution in [0.5, 0.6) is 0 Å². The molecule has 0 fully saturated rings. The Morgan fingerprint density at radius 1 is 1.36 bits per heavy atom. The molecule has 0 aliphatic carbocycles. The maximum Gasteiger partial charge on any atom is 0.0744 e. The van der Waals surface area contributed by atoms with Crippen LogP contribution in [0, 0.1) is 6.92 Å². The van der Waals surface area contributed by atoms with Gasteiger partial charge >= 0.3 is 0 Å². The van der Waals surface area contributed by atoms with Crippen LogP contribution in [0.2, 0.25) is 6.32 Å². The van der Waals surface area contributed by atoms with Gasteiger partial charge in [0.2, 0.25) is 0 Å². The zero-order chi connectivity index (χ0) is 11.0. The molecule has 1 unspecified atom stereocenters. The smallest absolute Gasteiger partial charge is 0.0744 e. The lowest BCUT2D eigenvalue weighted by molar-refractivity contribution is 0.120. The van der Waals surface area contributed by atoms with Crippen LogP contribution in [0.3, 0.4) is 0 Å². The number of rotatable bonds is 3. The lowest BCUT2D eigenvalue weighted by Crippen LogP contribution is -2.00. The minimum atomic E-state index is 0.0323. The van der Waals surface area contributed by atoms with Gasteiger partial charge in [0.05, 0.1) is 14.0 Å². The van der Waals surface area contributed by atoms with Gasteiger partial charge in [-0.15, -0.1) is 0 Å². The molecule has 0 amide bonds. The fourth-order valence-electron chi connectivity index (χ4n) is 1.24. The molecule has 2 heteroatoms. The Kier molecular flexibility index (Phi) is 7.22. The molecule has 0 aromatic heterocycles. The predicted octanol–water partition coefficient (Wildman–Crippen LogP) is 3.30. The van der Waals surface area contributed by atoms with E-state index in [0.717, 1.165) is 5.56 Å². The first-order valence-electron chi connectivity index (χ1n) is 5.07. The monoisotopic (exact) mass is 190 g/mol. The summed E-state index contributed by atoms with van der Waals surface area (Å²) in [5.74, 6) is 0. The molecule has 0 aliphatic rings. The van der Waals surface area contributed by atoms with Crippen molar-refractivity contribution in [1.82, 2.24) is 0 Å². The van der Waals surface area contributed by atoms with E-state index in [1.165, 1.54) is 5.56 Å². The molecular formula is C12H19BO. The van der Waals surface area contributed by atoms with Crippen molar-refractivity contribution in [2.24, 2.45) is 0 Å². The maximum atomic E-state index is 5.54. The molecule has 2 radical (unpaired) electrons. The van der Waals surface area contributed by atoms with Gasteiger partial charge in [-0.1, -0.05) is 50.0 Å². The first-order valence-corrected chi connectivity index (χ1v) is 5.07. The lowest BCUT2D eigenvalue weighted by Gasteiger charge is -2.13. The summed E-state index contributed by atoms with van der Waals surface area (Å²) in [5.41, 5.74) is 2.39. The molecule has 0 N–H and O–H groups in total. The molecule has 0 saturated carbocycles. The Hall–Kier alpha value is -0.755. The van der Waals surface area contributed by atoms with E-state index >= 15 is 0 Å². The highest BCUT2D eigenvalue weighted by Gasteiger charge is 2.05. The summed E-state index contributed by atoms with van der Waals surface area (Å²) in [6.45, 7) is 6.06. The second kappa shape index (κ2) is 7.63. The van der Waals surface area contributed by atoms with Crippen LogP contribution < -0.4 is 0 Å². The van der Waals surface area contributed by atoms with E-state index in [0.29, 0.717) is 6.32 Å². The van der Waals surface area contributed by atoms with Crippen molar-refractivity contribution in [3.63, 3.8) is 0 Å². The zero-order valence-electron chi connectivity index (χ0n) is 9.58. The van der Waals surface area contributed by atoms with Crippen molar-refractivity contribution in [3.8, 4) is 0 Å². The van der Waals surface area contributed by atoms with Gasteiger partial charge < -0.3 is 4.74 Å². The number of hydrogen-bond acceptors (Lipinski definition) is 1. The molecule has 1 nitrogen and oxygen atoms in total. The van der Waals surface area contributed by atoms with Crippen LogP contribution in [0.1, 0.15) is 31.1 Å². The standard InChI is InChI=1S/C10H13BO.C2H6/c1-8-4-3-5-9(6-8)10(7-11)12-2;1-2/h3-6,10H,7H2,1-2H3;1-2H3. The van der Waals surface area contributed by atoms with Crippen molar-refractivity contribution in [3.05, 3.63) is 35.4 Å². The van der Waals surface area contributed by atoms with E-state index in [1.54, 1.807) is 7.11 Å². The number of ether oxygens (including phenoxy) is 1. The average Bonchev–Trinajstić information content (AvgIpc) is 2.23. The van der Waals surface area contributed by atoms with E-state index < -0.39 is 0 Å². The van der Waals surface area contributed by atoms with E-state index in [4.69, 9.17) is 12.6 Å². The summed E-state index contributed by atoms with van der Waals surface area (Å²) >= 11 is 0. The number of aryl methyl sites for hydroxylation is 1. The molecular weight excluding hydrogens is 171 g/mol. The van der Waals surface area contributed by atoms with Crippen LogP contribution in [0.15, 0.2) is 24.3 Å². The Bertz CT molecular complexity index is 244. The third-order valence-corrected chi connectivity index (χ3v) is 1.91. The molecule has 1 rings (SSSR count). The molecule has 0 bridgehead atoms. The predicted molar refractivity (Wildman–Crippen MR) is 62.8 cm³/mol. The van der Waals surface area contributed by atoms with Gasteiger partial charge in [0.1, 0.15) is 0 Å². The van der Waals surface area contributed by atoms with Gasteiger partial charge in [0.15, 0.2) is 0 Å². The molecule has 0 saturated heterocycles. The molecule has 1 aromatic carbocycles. The number of benzene rings is 1. The molecule has 0 spiro atoms. The number of methoxy groups -OCH3 is 1. The van der Waals surface area contributed by atoms with Crippen LogP contribution in [0.25, 0.3) is 0 Å². The largest absolute Gasteiger partial charge is 0.378 e. The molecule has 76 valence electrons. The second-order valence-electron chi connectivity index (χ2n) is 2.87. The van der Waals surface area contributed by atoms with Crippen molar-refractivity contribution in [1.29, 1.82) is 0 Å². The van der Waals surface area contributed by atoms with E-state index in [-0.39, 0.29) is 6.10 Å². The Labute approximate surface area is 88.9 Å². The second-order valence-corrected chi connectivity index (χ2v) is 2.87. The molecule has 14 heavy (non-hydrogen) atoms. The van der Waals surface area contributed by atoms with Crippen molar-refractivity contribution >= 4 is 7.85 Å². The quantitative estimate of drug-likeness (QED) is 0.664. The van der Waals surface area contributed by atoms with Gasteiger partial charge in [-0.05, 0) is 12.5 Å². The first kappa shape index (κ1) is 13.2. The van der Waals surface area contributed by atoms with Crippen LogP contribution >= 0.6 is 0 Å². The van der Waals surface area contributed by atoms with Gasteiger partial charge in [-0.25, -0.2) is 0 Å².